The zero-order valence-electron chi connectivity index (χ0n) is 17.3. The lowest BCUT2D eigenvalue weighted by Gasteiger charge is -2.35. The number of hydrogen-bond acceptors (Lipinski definition) is 4. The number of hydrogen-bond donors (Lipinski definition) is 2. The number of piperidine rings is 1. The predicted octanol–water partition coefficient (Wildman–Crippen LogP) is 4.28. The number of nitrogens with one attached hydrogen (secondary N) is 2. The minimum absolute atomic E-state index is 0. The van der Waals surface area contributed by atoms with Gasteiger partial charge in [0.15, 0.2) is 11.7 Å². The number of nitrogens with zero attached hydrogens (tertiary/aromatic N) is 3. The van der Waals surface area contributed by atoms with Crippen molar-refractivity contribution in [3.05, 3.63) is 47.6 Å². The third-order valence-electron chi connectivity index (χ3n) is 4.84. The van der Waals surface area contributed by atoms with E-state index in [1.54, 1.807) is 12.1 Å². The monoisotopic (exact) mass is 515 g/mol. The third-order valence-corrected chi connectivity index (χ3v) is 4.84. The average molecular weight is 515 g/mol. The van der Waals surface area contributed by atoms with Crippen LogP contribution in [0.2, 0.25) is 0 Å². The van der Waals surface area contributed by atoms with Gasteiger partial charge in [-0.3, -0.25) is 0 Å². The van der Waals surface area contributed by atoms with Crippen molar-refractivity contribution in [3.63, 3.8) is 0 Å². The highest BCUT2D eigenvalue weighted by Crippen LogP contribution is 2.21. The Kier molecular flexibility index (Phi) is 9.19. The Bertz CT molecular complexity index is 795. The molecule has 0 bridgehead atoms. The van der Waals surface area contributed by atoms with Crippen molar-refractivity contribution in [1.29, 1.82) is 0 Å². The number of guanidine groups is 1. The Balaban J connectivity index is 0.00000300. The van der Waals surface area contributed by atoms with Crippen LogP contribution >= 0.6 is 24.0 Å². The second-order valence-electron chi connectivity index (χ2n) is 7.48. The molecule has 1 unspecified atom stereocenters. The van der Waals surface area contributed by atoms with E-state index < -0.39 is 0 Å². The van der Waals surface area contributed by atoms with E-state index in [2.05, 4.69) is 39.5 Å². The molecule has 1 atom stereocenters. The second-order valence-corrected chi connectivity index (χ2v) is 7.48. The zero-order valence-corrected chi connectivity index (χ0v) is 19.7. The molecule has 0 amide bonds. The van der Waals surface area contributed by atoms with E-state index in [1.165, 1.54) is 6.07 Å². The van der Waals surface area contributed by atoms with E-state index in [1.807, 2.05) is 19.1 Å². The minimum Gasteiger partial charge on any atom is -0.369 e. The molecule has 0 saturated carbocycles. The van der Waals surface area contributed by atoms with Crippen LogP contribution in [0.3, 0.4) is 0 Å². The SMILES string of the molecule is CCNC(=NCc1cc(C(C)C)no1)NC1CCCN(c2cccc(F)c2)C1.I. The lowest BCUT2D eigenvalue weighted by Crippen LogP contribution is -2.51. The number of rotatable bonds is 6. The molecular weight excluding hydrogens is 484 g/mol. The molecule has 2 aromatic rings. The van der Waals surface area contributed by atoms with Crippen molar-refractivity contribution in [2.45, 2.75) is 52.1 Å². The first-order valence-corrected chi connectivity index (χ1v) is 10.1. The molecule has 160 valence electrons. The molecule has 2 heterocycles. The molecule has 1 aliphatic rings. The first kappa shape index (κ1) is 23.4. The molecule has 1 fully saturated rings. The molecular formula is C21H31FIN5O. The van der Waals surface area contributed by atoms with Crippen LogP contribution in [0.4, 0.5) is 10.1 Å². The van der Waals surface area contributed by atoms with Gasteiger partial charge in [0.05, 0.1) is 5.69 Å². The third kappa shape index (κ3) is 6.87. The maximum absolute atomic E-state index is 13.6. The van der Waals surface area contributed by atoms with Gasteiger partial charge in [0, 0.05) is 37.4 Å². The van der Waals surface area contributed by atoms with E-state index in [-0.39, 0.29) is 35.8 Å². The summed E-state index contributed by atoms with van der Waals surface area (Å²) in [4.78, 5) is 6.87. The van der Waals surface area contributed by atoms with Gasteiger partial charge in [-0.1, -0.05) is 25.1 Å². The quantitative estimate of drug-likeness (QED) is 0.342. The fourth-order valence-corrected chi connectivity index (χ4v) is 3.35. The van der Waals surface area contributed by atoms with Gasteiger partial charge in [-0.15, -0.1) is 24.0 Å². The number of anilines is 1. The summed E-state index contributed by atoms with van der Waals surface area (Å²) < 4.78 is 18.9. The van der Waals surface area contributed by atoms with Gasteiger partial charge in [0.2, 0.25) is 0 Å². The normalized spacial score (nSPS) is 17.2. The maximum Gasteiger partial charge on any atom is 0.191 e. The van der Waals surface area contributed by atoms with Crippen LogP contribution in [0.5, 0.6) is 0 Å². The van der Waals surface area contributed by atoms with E-state index in [0.29, 0.717) is 12.5 Å². The van der Waals surface area contributed by atoms with Crippen molar-refractivity contribution in [3.8, 4) is 0 Å². The van der Waals surface area contributed by atoms with Crippen molar-refractivity contribution < 1.29 is 8.91 Å². The molecule has 29 heavy (non-hydrogen) atoms. The topological polar surface area (TPSA) is 65.7 Å². The fraction of sp³-hybridized carbons (Fsp3) is 0.524. The summed E-state index contributed by atoms with van der Waals surface area (Å²) >= 11 is 0. The average Bonchev–Trinajstić information content (AvgIpc) is 3.16. The predicted molar refractivity (Wildman–Crippen MR) is 126 cm³/mol. The van der Waals surface area contributed by atoms with Gasteiger partial charge in [-0.2, -0.15) is 0 Å². The van der Waals surface area contributed by atoms with Crippen LogP contribution in [0.15, 0.2) is 39.8 Å². The smallest absolute Gasteiger partial charge is 0.191 e. The fourth-order valence-electron chi connectivity index (χ4n) is 3.35. The van der Waals surface area contributed by atoms with Gasteiger partial charge in [-0.25, -0.2) is 9.38 Å². The minimum atomic E-state index is -0.199. The Hall–Kier alpha value is -1.84. The van der Waals surface area contributed by atoms with E-state index in [0.717, 1.165) is 55.6 Å². The van der Waals surface area contributed by atoms with Crippen LogP contribution in [0, 0.1) is 5.82 Å². The number of benzene rings is 1. The van der Waals surface area contributed by atoms with Crippen LogP contribution in [-0.4, -0.2) is 36.8 Å². The molecule has 1 saturated heterocycles. The first-order valence-electron chi connectivity index (χ1n) is 10.1. The second kappa shape index (κ2) is 11.4. The maximum atomic E-state index is 13.6. The molecule has 3 rings (SSSR count). The van der Waals surface area contributed by atoms with Crippen LogP contribution in [-0.2, 0) is 6.54 Å². The van der Waals surface area contributed by atoms with Gasteiger partial charge in [-0.05, 0) is 43.9 Å². The number of aromatic nitrogens is 1. The molecule has 1 aliphatic heterocycles. The molecule has 2 N–H and O–H groups in total. The highest BCUT2D eigenvalue weighted by molar-refractivity contribution is 14.0. The molecule has 0 aliphatic carbocycles. The number of halogens is 2. The van der Waals surface area contributed by atoms with Gasteiger partial charge >= 0.3 is 0 Å². The summed E-state index contributed by atoms with van der Waals surface area (Å²) in [6.07, 6.45) is 2.10. The van der Waals surface area contributed by atoms with Gasteiger partial charge < -0.3 is 20.1 Å². The summed E-state index contributed by atoms with van der Waals surface area (Å²) in [5, 5.41) is 10.9. The summed E-state index contributed by atoms with van der Waals surface area (Å²) in [5.41, 5.74) is 1.87. The Morgan fingerprint density at radius 1 is 1.38 bits per heavy atom. The Labute approximate surface area is 189 Å². The van der Waals surface area contributed by atoms with Crippen LogP contribution < -0.4 is 15.5 Å². The summed E-state index contributed by atoms with van der Waals surface area (Å²) in [5.74, 6) is 1.65. The Morgan fingerprint density at radius 2 is 2.21 bits per heavy atom. The highest BCUT2D eigenvalue weighted by Gasteiger charge is 2.21. The lowest BCUT2D eigenvalue weighted by atomic mass is 10.0. The first-order chi connectivity index (χ1) is 13.5. The summed E-state index contributed by atoms with van der Waals surface area (Å²) in [7, 11) is 0. The molecule has 1 aromatic heterocycles. The van der Waals surface area contributed by atoms with Crippen molar-refractivity contribution in [2.24, 2.45) is 4.99 Å². The van der Waals surface area contributed by atoms with Gasteiger partial charge in [0.25, 0.3) is 0 Å². The van der Waals surface area contributed by atoms with Gasteiger partial charge in [0.1, 0.15) is 12.4 Å². The van der Waals surface area contributed by atoms with Crippen LogP contribution in [0.25, 0.3) is 0 Å². The van der Waals surface area contributed by atoms with E-state index in [9.17, 15) is 4.39 Å². The molecule has 0 spiro atoms. The standard InChI is InChI=1S/C21H30FN5O.HI/c1-4-23-21(24-13-19-12-20(15(2)3)26-28-19)25-17-8-6-10-27(14-17)18-9-5-7-16(22)11-18;/h5,7,9,11-12,15,17H,4,6,8,10,13-14H2,1-3H3,(H2,23,24,25);1H. The highest BCUT2D eigenvalue weighted by atomic mass is 127. The van der Waals surface area contributed by atoms with Crippen molar-refractivity contribution >= 4 is 35.6 Å². The molecule has 6 nitrogen and oxygen atoms in total. The molecule has 8 heteroatoms. The Morgan fingerprint density at radius 3 is 2.90 bits per heavy atom. The summed E-state index contributed by atoms with van der Waals surface area (Å²) in [6.45, 7) is 9.19. The molecule has 1 aromatic carbocycles. The van der Waals surface area contributed by atoms with E-state index >= 15 is 0 Å². The summed E-state index contributed by atoms with van der Waals surface area (Å²) in [6, 6.07) is 9.00. The van der Waals surface area contributed by atoms with E-state index in [4.69, 9.17) is 4.52 Å². The largest absolute Gasteiger partial charge is 0.369 e. The molecule has 0 radical (unpaired) electrons. The lowest BCUT2D eigenvalue weighted by molar-refractivity contribution is 0.376. The van der Waals surface area contributed by atoms with Crippen molar-refractivity contribution in [1.82, 2.24) is 15.8 Å². The van der Waals surface area contributed by atoms with Crippen LogP contribution in [0.1, 0.15) is 51.0 Å². The zero-order chi connectivity index (χ0) is 19.9. The number of aliphatic imine (C=N–C) groups is 1. The van der Waals surface area contributed by atoms with Crippen molar-refractivity contribution in [2.75, 3.05) is 24.5 Å².